The van der Waals surface area contributed by atoms with Gasteiger partial charge in [0.05, 0.1) is 0 Å². The van der Waals surface area contributed by atoms with Gasteiger partial charge in [0.2, 0.25) is 0 Å². The predicted molar refractivity (Wildman–Crippen MR) is 74.7 cm³/mol. The molecule has 0 saturated carbocycles. The third-order valence-electron chi connectivity index (χ3n) is 2.64. The zero-order valence-electron chi connectivity index (χ0n) is 11.8. The van der Waals surface area contributed by atoms with Gasteiger partial charge in [-0.15, -0.1) is 0 Å². The Balaban J connectivity index is 2.77. The highest BCUT2D eigenvalue weighted by Gasteiger charge is 2.10. The lowest BCUT2D eigenvalue weighted by atomic mass is 10.1. The number of nitrogens with one attached hydrogen (secondary N) is 1. The summed E-state index contributed by atoms with van der Waals surface area (Å²) in [5.41, 5.74) is 2.43. The van der Waals surface area contributed by atoms with Gasteiger partial charge in [-0.05, 0) is 42.7 Å². The molecule has 1 rings (SSSR count). The number of benzene rings is 1. The number of hydrogen-bond acceptors (Lipinski definition) is 2. The maximum Gasteiger partial charge on any atom is 0.387 e. The quantitative estimate of drug-likeness (QED) is 0.845. The van der Waals surface area contributed by atoms with E-state index in [0.717, 1.165) is 23.2 Å². The molecule has 0 aliphatic rings. The molecule has 0 unspecified atom stereocenters. The first-order valence-electron chi connectivity index (χ1n) is 6.36. The average Bonchev–Trinajstić information content (AvgIpc) is 2.29. The van der Waals surface area contributed by atoms with Gasteiger partial charge < -0.3 is 10.1 Å². The highest BCUT2D eigenvalue weighted by atomic mass is 19.3. The Labute approximate surface area is 113 Å². The minimum Gasteiger partial charge on any atom is -0.434 e. The Morgan fingerprint density at radius 3 is 2.26 bits per heavy atom. The van der Waals surface area contributed by atoms with Crippen molar-refractivity contribution in [3.8, 4) is 5.75 Å². The molecule has 0 saturated heterocycles. The van der Waals surface area contributed by atoms with Crippen LogP contribution in [-0.4, -0.2) is 19.2 Å². The third kappa shape index (κ3) is 5.39. The van der Waals surface area contributed by atoms with Crippen molar-refractivity contribution < 1.29 is 13.5 Å². The lowest BCUT2D eigenvalue weighted by molar-refractivity contribution is -0.0507. The molecule has 4 heteroatoms. The van der Waals surface area contributed by atoms with Crippen LogP contribution in [0, 0.1) is 13.8 Å². The summed E-state index contributed by atoms with van der Waals surface area (Å²) >= 11 is 0. The van der Waals surface area contributed by atoms with Gasteiger partial charge in [-0.3, -0.25) is 0 Å². The van der Waals surface area contributed by atoms with Crippen LogP contribution in [0.2, 0.25) is 0 Å². The lowest BCUT2D eigenvalue weighted by Gasteiger charge is -2.12. The fourth-order valence-corrected chi connectivity index (χ4v) is 1.85. The number of alkyl halides is 2. The molecule has 0 bridgehead atoms. The number of rotatable bonds is 6. The second kappa shape index (κ2) is 7.24. The molecule has 0 aliphatic carbocycles. The molecule has 0 aliphatic heterocycles. The molecule has 19 heavy (non-hydrogen) atoms. The summed E-state index contributed by atoms with van der Waals surface area (Å²) in [6.45, 7) is 5.71. The van der Waals surface area contributed by atoms with Crippen molar-refractivity contribution >= 4 is 6.08 Å². The number of ether oxygens (including phenoxy) is 1. The summed E-state index contributed by atoms with van der Waals surface area (Å²) in [7, 11) is 0. The van der Waals surface area contributed by atoms with E-state index in [2.05, 4.69) is 23.9 Å². The van der Waals surface area contributed by atoms with Gasteiger partial charge >= 0.3 is 6.61 Å². The molecule has 1 aromatic rings. The smallest absolute Gasteiger partial charge is 0.387 e. The first-order chi connectivity index (χ1) is 8.90. The summed E-state index contributed by atoms with van der Waals surface area (Å²) in [5, 5.41) is 3.27. The molecule has 0 fully saturated rings. The van der Waals surface area contributed by atoms with Crippen molar-refractivity contribution in [3.05, 3.63) is 34.9 Å². The second-order valence-electron chi connectivity index (χ2n) is 4.83. The highest BCUT2D eigenvalue weighted by Crippen LogP contribution is 2.26. The van der Waals surface area contributed by atoms with E-state index >= 15 is 0 Å². The van der Waals surface area contributed by atoms with Crippen LogP contribution in [-0.2, 0) is 0 Å². The van der Waals surface area contributed by atoms with E-state index in [1.165, 1.54) is 0 Å². The normalized spacial score (nSPS) is 11.8. The standard InChI is InChI=1S/C15H21F2NO/c1-10(2)18-7-5-6-13-8-11(3)14(12(4)9-13)19-15(16)17/h5-6,8-10,15,18H,7H2,1-4H3. The molecule has 0 heterocycles. The summed E-state index contributed by atoms with van der Waals surface area (Å²) in [4.78, 5) is 0. The molecule has 2 nitrogen and oxygen atoms in total. The Morgan fingerprint density at radius 2 is 1.79 bits per heavy atom. The molecular weight excluding hydrogens is 248 g/mol. The summed E-state index contributed by atoms with van der Waals surface area (Å²) in [6, 6.07) is 4.13. The Bertz CT molecular complexity index is 419. The molecular formula is C15H21F2NO. The average molecular weight is 269 g/mol. The van der Waals surface area contributed by atoms with Gasteiger partial charge in [0.15, 0.2) is 0 Å². The van der Waals surface area contributed by atoms with E-state index in [0.29, 0.717) is 6.04 Å². The minimum atomic E-state index is -2.78. The van der Waals surface area contributed by atoms with Crippen LogP contribution in [0.25, 0.3) is 6.08 Å². The summed E-state index contributed by atoms with van der Waals surface area (Å²) in [5.74, 6) is 0.271. The largest absolute Gasteiger partial charge is 0.434 e. The number of hydrogen-bond donors (Lipinski definition) is 1. The fraction of sp³-hybridized carbons (Fsp3) is 0.467. The van der Waals surface area contributed by atoms with Crippen LogP contribution >= 0.6 is 0 Å². The first-order valence-corrected chi connectivity index (χ1v) is 6.36. The van der Waals surface area contributed by atoms with Gasteiger partial charge in [0.25, 0.3) is 0 Å². The first kappa shape index (κ1) is 15.6. The maximum absolute atomic E-state index is 12.3. The van der Waals surface area contributed by atoms with Crippen LogP contribution in [0.5, 0.6) is 5.75 Å². The monoisotopic (exact) mass is 269 g/mol. The van der Waals surface area contributed by atoms with Crippen molar-refractivity contribution in [1.29, 1.82) is 0 Å². The van der Waals surface area contributed by atoms with Crippen LogP contribution in [0.3, 0.4) is 0 Å². The van der Waals surface area contributed by atoms with Gasteiger partial charge in [-0.2, -0.15) is 8.78 Å². The Hall–Kier alpha value is -1.42. The van der Waals surface area contributed by atoms with Gasteiger partial charge in [-0.1, -0.05) is 26.0 Å². The fourth-order valence-electron chi connectivity index (χ4n) is 1.85. The lowest BCUT2D eigenvalue weighted by Crippen LogP contribution is -2.22. The molecule has 106 valence electrons. The molecule has 1 N–H and O–H groups in total. The van der Waals surface area contributed by atoms with Crippen LogP contribution in [0.15, 0.2) is 18.2 Å². The third-order valence-corrected chi connectivity index (χ3v) is 2.64. The molecule has 1 aromatic carbocycles. The Kier molecular flexibility index (Phi) is 5.96. The van der Waals surface area contributed by atoms with Crippen LogP contribution in [0.1, 0.15) is 30.5 Å². The minimum absolute atomic E-state index is 0.271. The topological polar surface area (TPSA) is 21.3 Å². The number of halogens is 2. The van der Waals surface area contributed by atoms with Crippen molar-refractivity contribution in [2.75, 3.05) is 6.54 Å². The zero-order valence-corrected chi connectivity index (χ0v) is 11.8. The van der Waals surface area contributed by atoms with E-state index in [1.807, 2.05) is 24.3 Å². The van der Waals surface area contributed by atoms with Gasteiger partial charge in [0, 0.05) is 12.6 Å². The van der Waals surface area contributed by atoms with Gasteiger partial charge in [0.1, 0.15) is 5.75 Å². The molecule has 0 atom stereocenters. The van der Waals surface area contributed by atoms with Crippen molar-refractivity contribution in [2.24, 2.45) is 0 Å². The molecule has 0 aromatic heterocycles. The highest BCUT2D eigenvalue weighted by molar-refractivity contribution is 5.56. The Morgan fingerprint density at radius 1 is 1.21 bits per heavy atom. The molecule has 0 spiro atoms. The zero-order chi connectivity index (χ0) is 14.4. The van der Waals surface area contributed by atoms with E-state index in [-0.39, 0.29) is 5.75 Å². The summed E-state index contributed by atoms with van der Waals surface area (Å²) < 4.78 is 29.0. The van der Waals surface area contributed by atoms with E-state index in [4.69, 9.17) is 0 Å². The van der Waals surface area contributed by atoms with Gasteiger partial charge in [-0.25, -0.2) is 0 Å². The van der Waals surface area contributed by atoms with E-state index in [9.17, 15) is 8.78 Å². The maximum atomic E-state index is 12.3. The number of aryl methyl sites for hydroxylation is 2. The second-order valence-corrected chi connectivity index (χ2v) is 4.83. The van der Waals surface area contributed by atoms with Crippen molar-refractivity contribution in [2.45, 2.75) is 40.3 Å². The van der Waals surface area contributed by atoms with Crippen LogP contribution in [0.4, 0.5) is 8.78 Å². The molecule has 0 amide bonds. The predicted octanol–water partition coefficient (Wildman–Crippen LogP) is 3.92. The van der Waals surface area contributed by atoms with Crippen molar-refractivity contribution in [3.63, 3.8) is 0 Å². The molecule has 0 radical (unpaired) electrons. The van der Waals surface area contributed by atoms with E-state index < -0.39 is 6.61 Å². The SMILES string of the molecule is Cc1cc(C=CCNC(C)C)cc(C)c1OC(F)F. The van der Waals surface area contributed by atoms with E-state index in [1.54, 1.807) is 13.8 Å². The van der Waals surface area contributed by atoms with Crippen LogP contribution < -0.4 is 10.1 Å². The summed E-state index contributed by atoms with van der Waals surface area (Å²) in [6.07, 6.45) is 3.99. The van der Waals surface area contributed by atoms with Crippen molar-refractivity contribution in [1.82, 2.24) is 5.32 Å².